The van der Waals surface area contributed by atoms with Crippen LogP contribution in [0.2, 0.25) is 0 Å². The quantitative estimate of drug-likeness (QED) is 0.446. The van der Waals surface area contributed by atoms with Crippen LogP contribution in [0.15, 0.2) is 11.6 Å². The third kappa shape index (κ3) is 5.13. The first-order chi connectivity index (χ1) is 11.5. The van der Waals surface area contributed by atoms with Gasteiger partial charge < -0.3 is 21.5 Å². The van der Waals surface area contributed by atoms with Crippen molar-refractivity contribution in [2.24, 2.45) is 0 Å². The summed E-state index contributed by atoms with van der Waals surface area (Å²) in [4.78, 5) is 40.7. The van der Waals surface area contributed by atoms with Crippen LogP contribution in [0.25, 0.3) is 0 Å². The Hall–Kier alpha value is -1.76. The van der Waals surface area contributed by atoms with E-state index in [0.717, 1.165) is 10.6 Å². The van der Waals surface area contributed by atoms with Gasteiger partial charge in [-0.1, -0.05) is 11.6 Å². The van der Waals surface area contributed by atoms with Crippen LogP contribution in [-0.2, 0) is 14.4 Å². The van der Waals surface area contributed by atoms with Gasteiger partial charge in [0.05, 0.1) is 12.1 Å². The number of hydroxylamine groups is 2. The average Bonchev–Trinajstić information content (AvgIpc) is 2.70. The molecule has 26 heavy (non-hydrogen) atoms. The molecule has 142 valence electrons. The first kappa shape index (κ1) is 22.3. The maximum absolute atomic E-state index is 13.3. The number of carboxylic acid groups (broad SMARTS) is 1. The minimum absolute atomic E-state index is 0. The summed E-state index contributed by atoms with van der Waals surface area (Å²) in [6.45, 7) is 7.29. The van der Waals surface area contributed by atoms with Crippen molar-refractivity contribution in [2.45, 2.75) is 51.7 Å². The number of nitrogens with zero attached hydrogens (tertiary/aromatic N) is 2. The molecule has 0 unspecified atom stereocenters. The Labute approximate surface area is 164 Å². The maximum atomic E-state index is 13.3. The average molecular weight is 367 g/mol. The summed E-state index contributed by atoms with van der Waals surface area (Å²) in [5.74, 6) is -1.81. The maximum Gasteiger partial charge on any atom is 1.00 e. The van der Waals surface area contributed by atoms with E-state index in [-0.39, 0.29) is 33.4 Å². The van der Waals surface area contributed by atoms with Gasteiger partial charge in [-0.15, -0.1) is 0 Å². The van der Waals surface area contributed by atoms with Crippen molar-refractivity contribution in [3.05, 3.63) is 11.6 Å². The zero-order valence-corrected chi connectivity index (χ0v) is 15.5. The molecular weight excluding hydrogens is 344 g/mol. The van der Waals surface area contributed by atoms with Crippen LogP contribution in [-0.4, -0.2) is 70.3 Å². The van der Waals surface area contributed by atoms with Gasteiger partial charge in [-0.25, -0.2) is 23.6 Å². The van der Waals surface area contributed by atoms with E-state index in [4.69, 9.17) is 9.84 Å². The molecule has 2 heterocycles. The molecule has 0 spiro atoms. The van der Waals surface area contributed by atoms with E-state index in [1.165, 1.54) is 4.90 Å². The molecule has 0 aromatic carbocycles. The van der Waals surface area contributed by atoms with Gasteiger partial charge in [0.2, 0.25) is 0 Å². The molecule has 2 aliphatic rings. The number of alkyl carbamates (subject to hydrolysis) is 1. The fraction of sp³-hybridized carbons (Fsp3) is 0.667. The largest absolute Gasteiger partial charge is 1.00 e. The Bertz CT molecular complexity index is 615. The van der Waals surface area contributed by atoms with Gasteiger partial charge >= 0.3 is 43.3 Å². The molecule has 0 saturated carbocycles. The van der Waals surface area contributed by atoms with E-state index in [0.29, 0.717) is 0 Å². The molecule has 0 aromatic heterocycles. The van der Waals surface area contributed by atoms with Crippen molar-refractivity contribution < 1.29 is 53.7 Å². The van der Waals surface area contributed by atoms with E-state index in [9.17, 15) is 18.8 Å². The summed E-state index contributed by atoms with van der Waals surface area (Å²) in [6.07, 6.45) is -1.55. The summed E-state index contributed by atoms with van der Waals surface area (Å²) in [6, 6.07) is -1.69. The van der Waals surface area contributed by atoms with Crippen molar-refractivity contribution in [1.82, 2.24) is 15.3 Å². The van der Waals surface area contributed by atoms with Crippen molar-refractivity contribution in [1.29, 1.82) is 0 Å². The number of hydrogen-bond acceptors (Lipinski definition) is 5. The number of aliphatic carboxylic acids is 1. The number of carbonyl (C=O) groups excluding carboxylic acids is 2. The zero-order chi connectivity index (χ0) is 18.9. The summed E-state index contributed by atoms with van der Waals surface area (Å²) < 4.78 is 18.4. The monoisotopic (exact) mass is 367 g/mol. The van der Waals surface area contributed by atoms with Crippen LogP contribution in [0, 0.1) is 0 Å². The molecule has 11 heteroatoms. The predicted octanol–water partition coefficient (Wildman–Crippen LogP) is -1.63. The van der Waals surface area contributed by atoms with Gasteiger partial charge in [-0.2, -0.15) is 5.06 Å². The first-order valence-electron chi connectivity index (χ1n) is 7.78. The first-order valence-corrected chi connectivity index (χ1v) is 7.78. The second kappa shape index (κ2) is 8.29. The third-order valence-electron chi connectivity index (χ3n) is 3.72. The molecule has 2 aliphatic heterocycles. The molecule has 0 aliphatic carbocycles. The Kier molecular flexibility index (Phi) is 7.10. The van der Waals surface area contributed by atoms with Gasteiger partial charge in [0, 0.05) is 13.1 Å². The summed E-state index contributed by atoms with van der Waals surface area (Å²) in [5.41, 5.74) is 0.130. The standard InChI is InChI=1S/C15H22FN3O6.Li.H/c1-8-5-9-7-18(14(23)19(9)25-11(16)12(20)21)10(8)6-17-13(22)24-15(2,3)4;;/h5,9-11H,6-7H2,1-4H3,(H,17,22)(H,20,21);;/q;+1;-1/t9-,10-,11-;;/m1../s1. The third-order valence-corrected chi connectivity index (χ3v) is 3.72. The van der Waals surface area contributed by atoms with Crippen molar-refractivity contribution >= 4 is 18.1 Å². The number of nitrogens with one attached hydrogen (secondary N) is 1. The second-order valence-corrected chi connectivity index (χ2v) is 6.90. The predicted molar refractivity (Wildman–Crippen MR) is 84.2 cm³/mol. The SMILES string of the molecule is CC1=C[C@@H]2CN(C(=O)N2O[C@@H](F)C(=O)O)[C@@H]1CNC(=O)OC(C)(C)C.[H-].[Li+]. The van der Waals surface area contributed by atoms with Gasteiger partial charge in [0.25, 0.3) is 0 Å². The number of amides is 3. The van der Waals surface area contributed by atoms with Gasteiger partial charge in [0.1, 0.15) is 5.60 Å². The number of hydrogen-bond donors (Lipinski definition) is 2. The minimum atomic E-state index is -2.63. The Morgan fingerprint density at radius 1 is 1.50 bits per heavy atom. The van der Waals surface area contributed by atoms with E-state index in [1.807, 2.05) is 0 Å². The summed E-state index contributed by atoms with van der Waals surface area (Å²) in [7, 11) is 0. The molecule has 3 atom stereocenters. The molecular formula is C15H23FLiN3O6. The molecule has 9 nitrogen and oxygen atoms in total. The number of carbonyl (C=O) groups is 3. The van der Waals surface area contributed by atoms with Crippen LogP contribution in [0.3, 0.4) is 0 Å². The number of ether oxygens (including phenoxy) is 1. The van der Waals surface area contributed by atoms with Gasteiger partial charge in [-0.05, 0) is 27.7 Å². The van der Waals surface area contributed by atoms with Gasteiger partial charge in [-0.3, -0.25) is 0 Å². The topological polar surface area (TPSA) is 108 Å². The molecule has 2 N–H and O–H groups in total. The Balaban J connectivity index is 0.00000338. The van der Waals surface area contributed by atoms with E-state index in [2.05, 4.69) is 10.2 Å². The number of alkyl halides is 1. The number of carboxylic acids is 1. The Morgan fingerprint density at radius 3 is 2.65 bits per heavy atom. The molecule has 3 amide bonds. The van der Waals surface area contributed by atoms with Crippen LogP contribution in [0.5, 0.6) is 0 Å². The molecule has 2 bridgehead atoms. The van der Waals surface area contributed by atoms with Crippen LogP contribution < -0.4 is 24.2 Å². The van der Waals surface area contributed by atoms with Crippen LogP contribution >= 0.6 is 0 Å². The molecule has 1 fully saturated rings. The van der Waals surface area contributed by atoms with Crippen LogP contribution in [0.4, 0.5) is 14.0 Å². The summed E-state index contributed by atoms with van der Waals surface area (Å²) in [5, 5.41) is 11.9. The normalized spacial score (nSPS) is 23.1. The molecule has 0 radical (unpaired) electrons. The molecule has 0 aromatic rings. The number of halogens is 1. The smallest absolute Gasteiger partial charge is 1.00 e. The van der Waals surface area contributed by atoms with E-state index >= 15 is 0 Å². The molecule has 1 saturated heterocycles. The Morgan fingerprint density at radius 2 is 2.12 bits per heavy atom. The second-order valence-electron chi connectivity index (χ2n) is 6.90. The summed E-state index contributed by atoms with van der Waals surface area (Å²) >= 11 is 0. The number of urea groups is 1. The van der Waals surface area contributed by atoms with E-state index in [1.54, 1.807) is 33.8 Å². The minimum Gasteiger partial charge on any atom is -1.00 e. The van der Waals surface area contributed by atoms with Crippen LogP contribution in [0.1, 0.15) is 29.1 Å². The fourth-order valence-corrected chi connectivity index (χ4v) is 2.70. The van der Waals surface area contributed by atoms with Crippen molar-refractivity contribution in [2.75, 3.05) is 13.1 Å². The van der Waals surface area contributed by atoms with Crippen molar-refractivity contribution in [3.63, 3.8) is 0 Å². The number of rotatable bonds is 5. The van der Waals surface area contributed by atoms with Crippen molar-refractivity contribution in [3.8, 4) is 0 Å². The zero-order valence-electron chi connectivity index (χ0n) is 16.5. The number of fused-ring (bicyclic) bond motifs is 2. The fourth-order valence-electron chi connectivity index (χ4n) is 2.70. The van der Waals surface area contributed by atoms with Gasteiger partial charge in [0.15, 0.2) is 0 Å². The van der Waals surface area contributed by atoms with E-state index < -0.39 is 42.1 Å². The molecule has 2 rings (SSSR count).